The SMILES string of the molecule is Cc1cccc(N2C(=O)c3oc4ccc(Br)cc4c(=O)c3[C@H]2c2ccc(Cl)cc2)n1. The molecule has 1 amide bonds. The first-order valence-electron chi connectivity index (χ1n) is 9.23. The molecule has 2 aromatic carbocycles. The Hall–Kier alpha value is -2.96. The van der Waals surface area contributed by atoms with Crippen molar-refractivity contribution in [3.63, 3.8) is 0 Å². The maximum absolute atomic E-state index is 13.5. The standard InChI is InChI=1S/C23H14BrClN2O3/c1-12-3-2-4-18(26-12)27-20(13-5-8-15(25)9-6-13)19-21(28)16-11-14(24)7-10-17(16)30-22(19)23(27)29/h2-11,20H,1H3/t20-/m1/s1. The van der Waals surface area contributed by atoms with Gasteiger partial charge in [-0.2, -0.15) is 0 Å². The van der Waals surface area contributed by atoms with E-state index in [1.165, 1.54) is 4.90 Å². The zero-order valence-electron chi connectivity index (χ0n) is 15.7. The quantitative estimate of drug-likeness (QED) is 0.370. The van der Waals surface area contributed by atoms with Crippen LogP contribution in [0.15, 0.2) is 74.3 Å². The second kappa shape index (κ2) is 7.07. The highest BCUT2D eigenvalue weighted by atomic mass is 79.9. The van der Waals surface area contributed by atoms with E-state index in [0.29, 0.717) is 27.4 Å². The largest absolute Gasteiger partial charge is 0.450 e. The summed E-state index contributed by atoms with van der Waals surface area (Å²) in [4.78, 5) is 33.0. The minimum atomic E-state index is -0.668. The van der Waals surface area contributed by atoms with E-state index in [-0.39, 0.29) is 11.2 Å². The normalized spacial score (nSPS) is 15.6. The van der Waals surface area contributed by atoms with Crippen molar-refractivity contribution in [2.75, 3.05) is 4.90 Å². The Bertz CT molecular complexity index is 1380. The van der Waals surface area contributed by atoms with Gasteiger partial charge in [0.05, 0.1) is 17.0 Å². The molecular weight excluding hydrogens is 468 g/mol. The number of aromatic nitrogens is 1. The van der Waals surface area contributed by atoms with E-state index in [1.54, 1.807) is 36.4 Å². The Labute approximate surface area is 185 Å². The lowest BCUT2D eigenvalue weighted by atomic mass is 9.98. The van der Waals surface area contributed by atoms with Crippen LogP contribution in [0.1, 0.15) is 33.4 Å². The lowest BCUT2D eigenvalue weighted by Crippen LogP contribution is -2.30. The molecule has 0 fully saturated rings. The fourth-order valence-electron chi connectivity index (χ4n) is 3.80. The molecule has 0 aliphatic carbocycles. The Morgan fingerprint density at radius 2 is 1.83 bits per heavy atom. The molecule has 1 atom stereocenters. The fourth-order valence-corrected chi connectivity index (χ4v) is 4.29. The smallest absolute Gasteiger partial charge is 0.296 e. The summed E-state index contributed by atoms with van der Waals surface area (Å²) in [5, 5.41) is 0.979. The maximum Gasteiger partial charge on any atom is 0.296 e. The number of halogens is 2. The summed E-state index contributed by atoms with van der Waals surface area (Å²) in [5.74, 6) is 0.0963. The Balaban J connectivity index is 1.83. The van der Waals surface area contributed by atoms with Crippen LogP contribution < -0.4 is 10.3 Å². The lowest BCUT2D eigenvalue weighted by Gasteiger charge is -2.24. The van der Waals surface area contributed by atoms with E-state index in [1.807, 2.05) is 31.2 Å². The topological polar surface area (TPSA) is 63.4 Å². The summed E-state index contributed by atoms with van der Waals surface area (Å²) in [6.45, 7) is 1.85. The molecule has 0 bridgehead atoms. The number of rotatable bonds is 2. The van der Waals surface area contributed by atoms with E-state index in [0.717, 1.165) is 15.7 Å². The first-order valence-corrected chi connectivity index (χ1v) is 10.4. The maximum atomic E-state index is 13.5. The Kier molecular flexibility index (Phi) is 4.49. The summed E-state index contributed by atoms with van der Waals surface area (Å²) in [6.07, 6.45) is 0. The molecule has 4 aromatic rings. The van der Waals surface area contributed by atoms with E-state index in [2.05, 4.69) is 20.9 Å². The highest BCUT2D eigenvalue weighted by Gasteiger charge is 2.44. The number of anilines is 1. The third-order valence-electron chi connectivity index (χ3n) is 5.14. The van der Waals surface area contributed by atoms with Gasteiger partial charge in [0.25, 0.3) is 5.91 Å². The second-order valence-corrected chi connectivity index (χ2v) is 8.43. The zero-order chi connectivity index (χ0) is 21.0. The van der Waals surface area contributed by atoms with Crippen LogP contribution in [0.5, 0.6) is 0 Å². The number of fused-ring (bicyclic) bond motifs is 2. The van der Waals surface area contributed by atoms with E-state index in [9.17, 15) is 9.59 Å². The molecule has 0 N–H and O–H groups in total. The van der Waals surface area contributed by atoms with Crippen LogP contribution in [0.2, 0.25) is 5.02 Å². The number of hydrogen-bond donors (Lipinski definition) is 0. The number of benzene rings is 2. The van der Waals surface area contributed by atoms with Crippen LogP contribution in [-0.4, -0.2) is 10.9 Å². The summed E-state index contributed by atoms with van der Waals surface area (Å²) >= 11 is 9.47. The van der Waals surface area contributed by atoms with E-state index in [4.69, 9.17) is 16.0 Å². The van der Waals surface area contributed by atoms with Gasteiger partial charge >= 0.3 is 0 Å². The summed E-state index contributed by atoms with van der Waals surface area (Å²) in [6, 6.07) is 17.0. The third kappa shape index (κ3) is 2.95. The van der Waals surface area contributed by atoms with Crippen molar-refractivity contribution in [1.82, 2.24) is 4.98 Å². The Morgan fingerprint density at radius 3 is 2.57 bits per heavy atom. The molecule has 2 aromatic heterocycles. The predicted molar refractivity (Wildman–Crippen MR) is 119 cm³/mol. The number of amides is 1. The number of aryl methyl sites for hydroxylation is 1. The van der Waals surface area contributed by atoms with Gasteiger partial charge in [0.15, 0.2) is 5.43 Å². The van der Waals surface area contributed by atoms with Crippen LogP contribution in [0, 0.1) is 6.92 Å². The average Bonchev–Trinajstić information content (AvgIpc) is 3.02. The van der Waals surface area contributed by atoms with Crippen LogP contribution in [-0.2, 0) is 0 Å². The summed E-state index contributed by atoms with van der Waals surface area (Å²) in [5.41, 5.74) is 1.94. The monoisotopic (exact) mass is 480 g/mol. The molecular formula is C23H14BrClN2O3. The minimum absolute atomic E-state index is 0.0399. The molecule has 0 unspecified atom stereocenters. The number of carbonyl (C=O) groups excluding carboxylic acids is 1. The highest BCUT2D eigenvalue weighted by molar-refractivity contribution is 9.10. The highest BCUT2D eigenvalue weighted by Crippen LogP contribution is 2.41. The molecule has 5 nitrogen and oxygen atoms in total. The van der Waals surface area contributed by atoms with Crippen molar-refractivity contribution in [2.24, 2.45) is 0 Å². The van der Waals surface area contributed by atoms with Gasteiger partial charge in [0, 0.05) is 15.2 Å². The molecule has 1 aliphatic heterocycles. The van der Waals surface area contributed by atoms with Gasteiger partial charge in [0.1, 0.15) is 11.4 Å². The van der Waals surface area contributed by atoms with Gasteiger partial charge in [-0.05, 0) is 55.0 Å². The molecule has 5 rings (SSSR count). The van der Waals surface area contributed by atoms with Gasteiger partial charge in [-0.15, -0.1) is 0 Å². The van der Waals surface area contributed by atoms with Crippen LogP contribution in [0.4, 0.5) is 5.82 Å². The van der Waals surface area contributed by atoms with Crippen LogP contribution in [0.3, 0.4) is 0 Å². The van der Waals surface area contributed by atoms with Crippen molar-refractivity contribution >= 4 is 50.2 Å². The van der Waals surface area contributed by atoms with E-state index >= 15 is 0 Å². The lowest BCUT2D eigenvalue weighted by molar-refractivity contribution is 0.0970. The van der Waals surface area contributed by atoms with Crippen molar-refractivity contribution in [1.29, 1.82) is 0 Å². The summed E-state index contributed by atoms with van der Waals surface area (Å²) in [7, 11) is 0. The first-order chi connectivity index (χ1) is 14.4. The molecule has 0 saturated heterocycles. The molecule has 0 radical (unpaired) electrons. The van der Waals surface area contributed by atoms with Crippen molar-refractivity contribution in [3.8, 4) is 0 Å². The number of carbonyl (C=O) groups is 1. The van der Waals surface area contributed by atoms with Crippen LogP contribution in [0.25, 0.3) is 11.0 Å². The average molecular weight is 482 g/mol. The number of nitrogens with zero attached hydrogens (tertiary/aromatic N) is 2. The van der Waals surface area contributed by atoms with Gasteiger partial charge < -0.3 is 4.42 Å². The fraction of sp³-hybridized carbons (Fsp3) is 0.0870. The number of pyridine rings is 1. The van der Waals surface area contributed by atoms with Crippen molar-refractivity contribution < 1.29 is 9.21 Å². The molecule has 148 valence electrons. The molecule has 0 saturated carbocycles. The second-order valence-electron chi connectivity index (χ2n) is 7.08. The zero-order valence-corrected chi connectivity index (χ0v) is 18.1. The first kappa shape index (κ1) is 19.0. The number of hydrogen-bond acceptors (Lipinski definition) is 4. The predicted octanol–water partition coefficient (Wildman–Crippen LogP) is 5.66. The van der Waals surface area contributed by atoms with Crippen LogP contribution >= 0.6 is 27.5 Å². The van der Waals surface area contributed by atoms with Crippen molar-refractivity contribution in [2.45, 2.75) is 13.0 Å². The van der Waals surface area contributed by atoms with E-state index < -0.39 is 11.9 Å². The van der Waals surface area contributed by atoms with Gasteiger partial charge in [-0.25, -0.2) is 4.98 Å². The molecule has 7 heteroatoms. The summed E-state index contributed by atoms with van der Waals surface area (Å²) < 4.78 is 6.70. The third-order valence-corrected chi connectivity index (χ3v) is 5.88. The molecule has 30 heavy (non-hydrogen) atoms. The minimum Gasteiger partial charge on any atom is -0.450 e. The van der Waals surface area contributed by atoms with Gasteiger partial charge in [-0.3, -0.25) is 14.5 Å². The van der Waals surface area contributed by atoms with Crippen molar-refractivity contribution in [3.05, 3.63) is 103 Å². The Morgan fingerprint density at radius 1 is 1.07 bits per heavy atom. The van der Waals surface area contributed by atoms with Gasteiger partial charge in [0.2, 0.25) is 5.76 Å². The molecule has 0 spiro atoms. The van der Waals surface area contributed by atoms with Gasteiger partial charge in [-0.1, -0.05) is 45.7 Å². The molecule has 1 aliphatic rings. The molecule has 3 heterocycles.